The van der Waals surface area contributed by atoms with Crippen LogP contribution in [0.2, 0.25) is 0 Å². The molecule has 0 amide bonds. The van der Waals surface area contributed by atoms with Gasteiger partial charge in [-0.1, -0.05) is 12.1 Å². The van der Waals surface area contributed by atoms with E-state index in [9.17, 15) is 0 Å². The first-order valence-electron chi connectivity index (χ1n) is 9.68. The Labute approximate surface area is 159 Å². The van der Waals surface area contributed by atoms with Crippen molar-refractivity contribution < 1.29 is 4.74 Å². The molecule has 1 atom stereocenters. The van der Waals surface area contributed by atoms with E-state index in [1.807, 2.05) is 30.7 Å². The van der Waals surface area contributed by atoms with Gasteiger partial charge in [0.1, 0.15) is 5.75 Å². The summed E-state index contributed by atoms with van der Waals surface area (Å²) in [6, 6.07) is 15.1. The van der Waals surface area contributed by atoms with Gasteiger partial charge in [0.15, 0.2) is 0 Å². The third-order valence-electron chi connectivity index (χ3n) is 5.66. The molecule has 2 aliphatic rings. The third kappa shape index (κ3) is 3.45. The minimum absolute atomic E-state index is 0.575. The van der Waals surface area contributed by atoms with Crippen LogP contribution in [0.5, 0.6) is 5.75 Å². The standard InChI is InChI=1S/C23H23N3O/c1-2-23-20(7-12-27-23)13-17(1)15-26-11-6-21(16-26)19-5-10-25-22(14-19)18-3-8-24-9-4-18/h1-5,8-10,13-14,21H,6-7,11-12,15-16H2/t21-/m0/s1. The molecule has 2 aromatic heterocycles. The number of ether oxygens (including phenoxy) is 1. The Morgan fingerprint density at radius 1 is 1.04 bits per heavy atom. The van der Waals surface area contributed by atoms with E-state index in [1.54, 1.807) is 0 Å². The van der Waals surface area contributed by atoms with Crippen LogP contribution < -0.4 is 4.74 Å². The van der Waals surface area contributed by atoms with Gasteiger partial charge in [-0.15, -0.1) is 0 Å². The first-order valence-corrected chi connectivity index (χ1v) is 9.68. The molecule has 4 nitrogen and oxygen atoms in total. The third-order valence-corrected chi connectivity index (χ3v) is 5.66. The number of aromatic nitrogens is 2. The summed E-state index contributed by atoms with van der Waals surface area (Å²) >= 11 is 0. The number of nitrogens with zero attached hydrogens (tertiary/aromatic N) is 3. The van der Waals surface area contributed by atoms with Crippen molar-refractivity contribution in [3.05, 3.63) is 77.7 Å². The van der Waals surface area contributed by atoms with E-state index < -0.39 is 0 Å². The predicted molar refractivity (Wildman–Crippen MR) is 106 cm³/mol. The molecule has 5 rings (SSSR count). The van der Waals surface area contributed by atoms with Crippen LogP contribution in [0.4, 0.5) is 0 Å². The predicted octanol–water partition coefficient (Wildman–Crippen LogP) is 4.07. The molecule has 136 valence electrons. The zero-order valence-corrected chi connectivity index (χ0v) is 15.3. The summed E-state index contributed by atoms with van der Waals surface area (Å²) in [6.45, 7) is 4.09. The van der Waals surface area contributed by atoms with Crippen LogP contribution >= 0.6 is 0 Å². The molecule has 4 heterocycles. The lowest BCUT2D eigenvalue weighted by Gasteiger charge is -2.17. The van der Waals surface area contributed by atoms with Gasteiger partial charge in [0.25, 0.3) is 0 Å². The van der Waals surface area contributed by atoms with E-state index >= 15 is 0 Å². The molecule has 0 spiro atoms. The fraction of sp³-hybridized carbons (Fsp3) is 0.304. The smallest absolute Gasteiger partial charge is 0.122 e. The zero-order chi connectivity index (χ0) is 18.1. The first-order chi connectivity index (χ1) is 13.3. The van der Waals surface area contributed by atoms with Crippen molar-refractivity contribution in [2.45, 2.75) is 25.3 Å². The van der Waals surface area contributed by atoms with Crippen molar-refractivity contribution in [1.29, 1.82) is 0 Å². The SMILES string of the molecule is c1cc(-c2cc([C@H]3CCN(Cc4ccc5c(c4)CCO5)C3)ccn2)ccn1. The molecule has 0 N–H and O–H groups in total. The second-order valence-electron chi connectivity index (χ2n) is 7.47. The van der Waals surface area contributed by atoms with Crippen molar-refractivity contribution in [1.82, 2.24) is 14.9 Å². The van der Waals surface area contributed by atoms with Crippen molar-refractivity contribution in [2.24, 2.45) is 0 Å². The summed E-state index contributed by atoms with van der Waals surface area (Å²) in [5.41, 5.74) is 6.31. The largest absolute Gasteiger partial charge is 0.493 e. The van der Waals surface area contributed by atoms with Gasteiger partial charge in [-0.2, -0.15) is 0 Å². The summed E-state index contributed by atoms with van der Waals surface area (Å²) < 4.78 is 5.62. The van der Waals surface area contributed by atoms with Crippen molar-refractivity contribution in [3.63, 3.8) is 0 Å². The highest BCUT2D eigenvalue weighted by molar-refractivity contribution is 5.59. The molecule has 0 bridgehead atoms. The van der Waals surface area contributed by atoms with Crippen molar-refractivity contribution >= 4 is 0 Å². The molecule has 1 saturated heterocycles. The fourth-order valence-electron chi connectivity index (χ4n) is 4.23. The second-order valence-corrected chi connectivity index (χ2v) is 7.47. The monoisotopic (exact) mass is 357 g/mol. The lowest BCUT2D eigenvalue weighted by atomic mass is 9.97. The second kappa shape index (κ2) is 7.12. The van der Waals surface area contributed by atoms with Gasteiger partial charge in [-0.3, -0.25) is 14.9 Å². The van der Waals surface area contributed by atoms with Crippen molar-refractivity contribution in [3.8, 4) is 17.0 Å². The molecule has 0 aliphatic carbocycles. The molecule has 4 heteroatoms. The van der Waals surface area contributed by atoms with Gasteiger partial charge >= 0.3 is 0 Å². The molecule has 0 radical (unpaired) electrons. The molecular formula is C23H23N3O. The fourth-order valence-corrected chi connectivity index (χ4v) is 4.23. The quantitative estimate of drug-likeness (QED) is 0.706. The highest BCUT2D eigenvalue weighted by Crippen LogP contribution is 2.31. The van der Waals surface area contributed by atoms with Crippen LogP contribution in [0.15, 0.2) is 61.1 Å². The Balaban J connectivity index is 1.28. The Hall–Kier alpha value is -2.72. The van der Waals surface area contributed by atoms with Crippen LogP contribution in [0.1, 0.15) is 29.0 Å². The molecule has 2 aliphatic heterocycles. The number of pyridine rings is 2. The number of benzene rings is 1. The Kier molecular flexibility index (Phi) is 4.34. The molecular weight excluding hydrogens is 334 g/mol. The van der Waals surface area contributed by atoms with E-state index in [-0.39, 0.29) is 0 Å². The number of fused-ring (bicyclic) bond motifs is 1. The number of hydrogen-bond donors (Lipinski definition) is 0. The molecule has 27 heavy (non-hydrogen) atoms. The van der Waals surface area contributed by atoms with Crippen LogP contribution in [0, 0.1) is 0 Å². The maximum absolute atomic E-state index is 5.62. The average molecular weight is 357 g/mol. The van der Waals surface area contributed by atoms with Gasteiger partial charge in [-0.05, 0) is 65.9 Å². The van der Waals surface area contributed by atoms with Gasteiger partial charge in [-0.25, -0.2) is 0 Å². The van der Waals surface area contributed by atoms with Gasteiger partial charge in [0.05, 0.1) is 12.3 Å². The van der Waals surface area contributed by atoms with Crippen LogP contribution in [0.25, 0.3) is 11.3 Å². The highest BCUT2D eigenvalue weighted by Gasteiger charge is 2.24. The van der Waals surface area contributed by atoms with Crippen LogP contribution in [-0.2, 0) is 13.0 Å². The van der Waals surface area contributed by atoms with Crippen LogP contribution in [-0.4, -0.2) is 34.6 Å². The first kappa shape index (κ1) is 16.5. The number of rotatable bonds is 4. The number of likely N-dealkylation sites (tertiary alicyclic amines) is 1. The summed E-state index contributed by atoms with van der Waals surface area (Å²) in [7, 11) is 0. The maximum atomic E-state index is 5.62. The maximum Gasteiger partial charge on any atom is 0.122 e. The summed E-state index contributed by atoms with van der Waals surface area (Å²) in [6.07, 6.45) is 7.83. The van der Waals surface area contributed by atoms with Crippen LogP contribution in [0.3, 0.4) is 0 Å². The normalized spacial score (nSPS) is 19.0. The Morgan fingerprint density at radius 3 is 2.89 bits per heavy atom. The van der Waals surface area contributed by atoms with Crippen molar-refractivity contribution in [2.75, 3.05) is 19.7 Å². The number of hydrogen-bond acceptors (Lipinski definition) is 4. The molecule has 0 unspecified atom stereocenters. The average Bonchev–Trinajstić information content (AvgIpc) is 3.38. The summed E-state index contributed by atoms with van der Waals surface area (Å²) in [4.78, 5) is 11.2. The van der Waals surface area contributed by atoms with E-state index in [4.69, 9.17) is 4.74 Å². The molecule has 1 fully saturated rings. The van der Waals surface area contributed by atoms with Gasteiger partial charge in [0, 0.05) is 43.7 Å². The van der Waals surface area contributed by atoms with E-state index in [0.717, 1.165) is 49.7 Å². The van der Waals surface area contributed by atoms with E-state index in [0.29, 0.717) is 5.92 Å². The molecule has 3 aromatic rings. The minimum atomic E-state index is 0.575. The molecule has 1 aromatic carbocycles. The van der Waals surface area contributed by atoms with E-state index in [2.05, 4.69) is 45.2 Å². The lowest BCUT2D eigenvalue weighted by molar-refractivity contribution is 0.326. The summed E-state index contributed by atoms with van der Waals surface area (Å²) in [5, 5.41) is 0. The topological polar surface area (TPSA) is 38.2 Å². The van der Waals surface area contributed by atoms with E-state index in [1.165, 1.54) is 23.1 Å². The zero-order valence-electron chi connectivity index (χ0n) is 15.3. The summed E-state index contributed by atoms with van der Waals surface area (Å²) in [5.74, 6) is 1.64. The Morgan fingerprint density at radius 2 is 1.96 bits per heavy atom. The minimum Gasteiger partial charge on any atom is -0.493 e. The van der Waals surface area contributed by atoms with Gasteiger partial charge in [0.2, 0.25) is 0 Å². The Bertz CT molecular complexity index is 941. The lowest BCUT2D eigenvalue weighted by Crippen LogP contribution is -2.19. The molecule has 0 saturated carbocycles. The van der Waals surface area contributed by atoms with Gasteiger partial charge < -0.3 is 4.74 Å². The highest BCUT2D eigenvalue weighted by atomic mass is 16.5.